The molecule has 1 saturated heterocycles. The molecule has 1 aliphatic heterocycles. The number of hydrogen-bond acceptors (Lipinski definition) is 4. The van der Waals surface area contributed by atoms with E-state index in [0.29, 0.717) is 23.7 Å². The van der Waals surface area contributed by atoms with E-state index in [1.165, 1.54) is 11.8 Å². The predicted molar refractivity (Wildman–Crippen MR) is 133 cm³/mol. The lowest BCUT2D eigenvalue weighted by Crippen LogP contribution is -2.38. The molecule has 3 aromatic rings. The third kappa shape index (κ3) is 5.68. The Bertz CT molecular complexity index is 1150. The number of nitrogens with one attached hydrogen (secondary N) is 1. The van der Waals surface area contributed by atoms with E-state index in [4.69, 9.17) is 9.47 Å². The quantitative estimate of drug-likeness (QED) is 0.507. The van der Waals surface area contributed by atoms with Crippen molar-refractivity contribution in [1.29, 1.82) is 0 Å². The van der Waals surface area contributed by atoms with Gasteiger partial charge >= 0.3 is 0 Å². The van der Waals surface area contributed by atoms with Crippen LogP contribution in [0.5, 0.6) is 11.5 Å². The van der Waals surface area contributed by atoms with Crippen molar-refractivity contribution in [3.63, 3.8) is 0 Å². The van der Waals surface area contributed by atoms with Crippen LogP contribution in [0.3, 0.4) is 0 Å². The van der Waals surface area contributed by atoms with Gasteiger partial charge < -0.3 is 19.7 Å². The maximum atomic E-state index is 13.0. The first kappa shape index (κ1) is 23.6. The second kappa shape index (κ2) is 11.1. The summed E-state index contributed by atoms with van der Waals surface area (Å²) in [6.07, 6.45) is 3.25. The van der Waals surface area contributed by atoms with Gasteiger partial charge in [0.05, 0.1) is 12.6 Å². The number of benzene rings is 3. The summed E-state index contributed by atoms with van der Waals surface area (Å²) < 4.78 is 11.5. The summed E-state index contributed by atoms with van der Waals surface area (Å²) in [6.45, 7) is 5.80. The summed E-state index contributed by atoms with van der Waals surface area (Å²) in [5.41, 5.74) is 1.51. The summed E-state index contributed by atoms with van der Waals surface area (Å²) >= 11 is 0. The van der Waals surface area contributed by atoms with Crippen LogP contribution in [0, 0.1) is 0 Å². The maximum absolute atomic E-state index is 13.0. The van der Waals surface area contributed by atoms with E-state index in [9.17, 15) is 9.59 Å². The molecule has 0 saturated carbocycles. The van der Waals surface area contributed by atoms with Crippen molar-refractivity contribution >= 4 is 22.6 Å². The van der Waals surface area contributed by atoms with Gasteiger partial charge in [-0.15, -0.1) is 0 Å². The maximum Gasteiger partial charge on any atom is 0.260 e. The molecule has 0 spiro atoms. The highest BCUT2D eigenvalue weighted by Crippen LogP contribution is 2.29. The van der Waals surface area contributed by atoms with E-state index in [1.54, 1.807) is 18.2 Å². The van der Waals surface area contributed by atoms with Crippen molar-refractivity contribution < 1.29 is 19.1 Å². The van der Waals surface area contributed by atoms with Crippen LogP contribution in [0.25, 0.3) is 10.8 Å². The van der Waals surface area contributed by atoms with E-state index in [1.807, 2.05) is 36.9 Å². The number of likely N-dealkylation sites (tertiary alicyclic amines) is 1. The number of ether oxygens (including phenoxy) is 2. The number of carbonyl (C=O) groups is 2. The zero-order valence-electron chi connectivity index (χ0n) is 19.9. The van der Waals surface area contributed by atoms with Crippen molar-refractivity contribution in [2.45, 2.75) is 39.2 Å². The van der Waals surface area contributed by atoms with Crippen LogP contribution in [0.15, 0.2) is 60.7 Å². The summed E-state index contributed by atoms with van der Waals surface area (Å²) in [5, 5.41) is 5.37. The number of carbonyl (C=O) groups excluding carboxylic acids is 2. The lowest BCUT2D eigenvalue weighted by atomic mass is 10.0. The molecule has 1 atom stereocenters. The fourth-order valence-corrected chi connectivity index (χ4v) is 4.25. The Morgan fingerprint density at radius 2 is 1.68 bits per heavy atom. The zero-order valence-corrected chi connectivity index (χ0v) is 19.9. The largest absolute Gasteiger partial charge is 0.490 e. The van der Waals surface area contributed by atoms with Crippen molar-refractivity contribution in [2.24, 2.45) is 0 Å². The number of nitrogens with zero attached hydrogens (tertiary/aromatic N) is 1. The molecule has 34 heavy (non-hydrogen) atoms. The van der Waals surface area contributed by atoms with Crippen LogP contribution >= 0.6 is 0 Å². The Hall–Kier alpha value is -3.54. The van der Waals surface area contributed by atoms with E-state index < -0.39 is 0 Å². The van der Waals surface area contributed by atoms with Gasteiger partial charge in [0.1, 0.15) is 0 Å². The van der Waals surface area contributed by atoms with Gasteiger partial charge in [-0.25, -0.2) is 0 Å². The topological polar surface area (TPSA) is 67.9 Å². The smallest absolute Gasteiger partial charge is 0.260 e. The van der Waals surface area contributed by atoms with Crippen molar-refractivity contribution in [1.82, 2.24) is 10.2 Å². The monoisotopic (exact) mass is 460 g/mol. The molecule has 1 N–H and O–H groups in total. The highest BCUT2D eigenvalue weighted by atomic mass is 16.5. The molecular weight excluding hydrogens is 428 g/mol. The van der Waals surface area contributed by atoms with E-state index in [2.05, 4.69) is 29.6 Å². The summed E-state index contributed by atoms with van der Waals surface area (Å²) in [7, 11) is 0. The first-order valence-electron chi connectivity index (χ1n) is 12.0. The van der Waals surface area contributed by atoms with Crippen LogP contribution in [0.4, 0.5) is 0 Å². The summed E-state index contributed by atoms with van der Waals surface area (Å²) in [5.74, 6) is 0.706. The third-order valence-corrected chi connectivity index (χ3v) is 6.19. The fourth-order valence-electron chi connectivity index (χ4n) is 4.25. The molecule has 4 rings (SSSR count). The molecule has 2 amide bonds. The SMILES string of the molecule is CCOc1cc(C(=O)NC(C)c2ccc3ccccc3c2)ccc1OCC(=O)N1CCCCC1. The third-order valence-electron chi connectivity index (χ3n) is 6.19. The number of hydrogen-bond donors (Lipinski definition) is 1. The molecule has 6 heteroatoms. The fraction of sp³-hybridized carbons (Fsp3) is 0.357. The second-order valence-electron chi connectivity index (χ2n) is 8.63. The van der Waals surface area contributed by atoms with E-state index in [0.717, 1.165) is 36.9 Å². The molecule has 1 heterocycles. The van der Waals surface area contributed by atoms with Gasteiger partial charge in [-0.2, -0.15) is 0 Å². The predicted octanol–water partition coefficient (Wildman–Crippen LogP) is 5.12. The molecule has 1 fully saturated rings. The minimum atomic E-state index is -0.197. The van der Waals surface area contributed by atoms with Crippen molar-refractivity contribution in [3.05, 3.63) is 71.8 Å². The molecule has 1 unspecified atom stereocenters. The Labute approximate surface area is 200 Å². The second-order valence-corrected chi connectivity index (χ2v) is 8.63. The first-order chi connectivity index (χ1) is 16.5. The number of piperidine rings is 1. The van der Waals surface area contributed by atoms with Gasteiger partial charge in [-0.05, 0) is 73.7 Å². The van der Waals surface area contributed by atoms with E-state index in [-0.39, 0.29) is 24.5 Å². The van der Waals surface area contributed by atoms with E-state index >= 15 is 0 Å². The Balaban J connectivity index is 1.42. The van der Waals surface area contributed by atoms with Crippen LogP contribution in [0.1, 0.15) is 55.1 Å². The molecule has 0 radical (unpaired) electrons. The first-order valence-corrected chi connectivity index (χ1v) is 12.0. The Kier molecular flexibility index (Phi) is 7.68. The molecule has 0 bridgehead atoms. The highest BCUT2D eigenvalue weighted by Gasteiger charge is 2.19. The molecule has 0 aromatic heterocycles. The molecule has 0 aliphatic carbocycles. The molecule has 6 nitrogen and oxygen atoms in total. The van der Waals surface area contributed by atoms with Crippen molar-refractivity contribution in [3.8, 4) is 11.5 Å². The number of rotatable bonds is 8. The minimum Gasteiger partial charge on any atom is -0.490 e. The summed E-state index contributed by atoms with van der Waals surface area (Å²) in [4.78, 5) is 27.3. The van der Waals surface area contributed by atoms with Crippen LogP contribution in [-0.2, 0) is 4.79 Å². The van der Waals surface area contributed by atoms with Gasteiger partial charge in [-0.3, -0.25) is 9.59 Å². The van der Waals surface area contributed by atoms with Crippen molar-refractivity contribution in [2.75, 3.05) is 26.3 Å². The Morgan fingerprint density at radius 1 is 0.912 bits per heavy atom. The van der Waals surface area contributed by atoms with Gasteiger partial charge in [0.15, 0.2) is 18.1 Å². The minimum absolute atomic E-state index is 0.0202. The molecule has 1 aliphatic rings. The number of amides is 2. The average Bonchev–Trinajstić information content (AvgIpc) is 2.88. The van der Waals surface area contributed by atoms with Gasteiger partial charge in [-0.1, -0.05) is 36.4 Å². The normalized spacial score (nSPS) is 14.5. The van der Waals surface area contributed by atoms with Gasteiger partial charge in [0.25, 0.3) is 11.8 Å². The zero-order chi connectivity index (χ0) is 23.9. The standard InChI is InChI=1S/C28H32N2O4/c1-3-33-26-18-24(13-14-25(26)34-19-27(31)30-15-7-4-8-16-30)28(32)29-20(2)22-12-11-21-9-5-6-10-23(21)17-22/h5-6,9-14,17-18,20H,3-4,7-8,15-16,19H2,1-2H3,(H,29,32). The summed E-state index contributed by atoms with van der Waals surface area (Å²) in [6, 6.07) is 19.3. The van der Waals surface area contributed by atoms with Gasteiger partial charge in [0.2, 0.25) is 0 Å². The van der Waals surface area contributed by atoms with Crippen LogP contribution < -0.4 is 14.8 Å². The van der Waals surface area contributed by atoms with Crippen LogP contribution in [0.2, 0.25) is 0 Å². The lowest BCUT2D eigenvalue weighted by Gasteiger charge is -2.26. The molecular formula is C28H32N2O4. The highest BCUT2D eigenvalue weighted by molar-refractivity contribution is 5.95. The lowest BCUT2D eigenvalue weighted by molar-refractivity contribution is -0.134. The average molecular weight is 461 g/mol. The Morgan fingerprint density at radius 3 is 2.44 bits per heavy atom. The molecule has 178 valence electrons. The molecule has 3 aromatic carbocycles. The van der Waals surface area contributed by atoms with Crippen LogP contribution in [-0.4, -0.2) is 43.0 Å². The number of fused-ring (bicyclic) bond motifs is 1. The van der Waals surface area contributed by atoms with Gasteiger partial charge in [0, 0.05) is 18.7 Å².